The van der Waals surface area contributed by atoms with Crippen LogP contribution < -0.4 is 5.32 Å². The lowest BCUT2D eigenvalue weighted by Gasteiger charge is -2.11. The average molecular weight is 261 g/mol. The van der Waals surface area contributed by atoms with Gasteiger partial charge in [0.2, 0.25) is 0 Å². The Kier molecular flexibility index (Phi) is 3.66. The molecule has 0 aliphatic heterocycles. The molecule has 1 N–H and O–H groups in total. The third-order valence-electron chi connectivity index (χ3n) is 2.77. The van der Waals surface area contributed by atoms with Crippen molar-refractivity contribution in [3.05, 3.63) is 10.5 Å². The van der Waals surface area contributed by atoms with Gasteiger partial charge in [-0.3, -0.25) is 4.79 Å². The number of carbonyl (C=O) groups excluding carboxylic acids is 1. The van der Waals surface area contributed by atoms with E-state index in [1.54, 1.807) is 5.38 Å². The van der Waals surface area contributed by atoms with E-state index in [1.807, 2.05) is 0 Å². The summed E-state index contributed by atoms with van der Waals surface area (Å²) in [6, 6.07) is 0.298. The summed E-state index contributed by atoms with van der Waals surface area (Å²) in [4.78, 5) is 15.5. The molecular formula is C10H13ClN2O2S. The Hall–Kier alpha value is -0.810. The second-order valence-corrected chi connectivity index (χ2v) is 5.10. The first-order valence-electron chi connectivity index (χ1n) is 5.14. The molecule has 1 saturated carbocycles. The van der Waals surface area contributed by atoms with Gasteiger partial charge in [0.1, 0.15) is 5.15 Å². The molecule has 0 aromatic carbocycles. The Labute approximate surface area is 103 Å². The molecule has 2 atom stereocenters. The highest BCUT2D eigenvalue weighted by atomic mass is 35.5. The quantitative estimate of drug-likeness (QED) is 0.849. The number of thiazole rings is 1. The molecule has 1 fully saturated rings. The number of rotatable bonds is 3. The SMILES string of the molecule is COC(=O)[C@@H]1CC[C@H](Nc2nc(Cl)cs2)C1. The van der Waals surface area contributed by atoms with Gasteiger partial charge >= 0.3 is 5.97 Å². The highest BCUT2D eigenvalue weighted by Crippen LogP contribution is 2.30. The molecule has 6 heteroatoms. The van der Waals surface area contributed by atoms with Crippen LogP contribution in [0.25, 0.3) is 0 Å². The van der Waals surface area contributed by atoms with Gasteiger partial charge in [-0.05, 0) is 19.3 Å². The van der Waals surface area contributed by atoms with Crippen molar-refractivity contribution in [2.24, 2.45) is 5.92 Å². The number of ether oxygens (including phenoxy) is 1. The number of hydrogen-bond donors (Lipinski definition) is 1. The van der Waals surface area contributed by atoms with Crippen LogP contribution in [0.1, 0.15) is 19.3 Å². The first-order chi connectivity index (χ1) is 7.69. The van der Waals surface area contributed by atoms with Gasteiger partial charge in [0.05, 0.1) is 13.0 Å². The average Bonchev–Trinajstić information content (AvgIpc) is 2.87. The standard InChI is InChI=1S/C10H13ClN2O2S/c1-15-9(14)6-2-3-7(4-6)12-10-13-8(11)5-16-10/h5-7H,2-4H2,1H3,(H,12,13)/t6-,7+/m1/s1. The van der Waals surface area contributed by atoms with E-state index < -0.39 is 0 Å². The van der Waals surface area contributed by atoms with Gasteiger partial charge in [-0.25, -0.2) is 4.98 Å². The van der Waals surface area contributed by atoms with Crippen molar-refractivity contribution < 1.29 is 9.53 Å². The molecule has 0 spiro atoms. The van der Waals surface area contributed by atoms with E-state index in [0.717, 1.165) is 24.4 Å². The predicted octanol–water partition coefficient (Wildman–Crippen LogP) is 2.55. The van der Waals surface area contributed by atoms with Crippen LogP contribution in [0.15, 0.2) is 5.38 Å². The van der Waals surface area contributed by atoms with Crippen molar-refractivity contribution in [1.82, 2.24) is 4.98 Å². The van der Waals surface area contributed by atoms with Crippen LogP contribution in [0.5, 0.6) is 0 Å². The van der Waals surface area contributed by atoms with Gasteiger partial charge in [-0.1, -0.05) is 11.6 Å². The Bertz CT molecular complexity index is 383. The number of hydrogen-bond acceptors (Lipinski definition) is 5. The van der Waals surface area contributed by atoms with E-state index in [9.17, 15) is 4.79 Å². The summed E-state index contributed by atoms with van der Waals surface area (Å²) in [5.74, 6) is -0.0839. The lowest BCUT2D eigenvalue weighted by molar-refractivity contribution is -0.145. The van der Waals surface area contributed by atoms with Crippen LogP contribution in [0, 0.1) is 5.92 Å². The van der Waals surface area contributed by atoms with Crippen LogP contribution in [-0.2, 0) is 9.53 Å². The number of nitrogens with one attached hydrogen (secondary N) is 1. The maximum atomic E-state index is 11.3. The smallest absolute Gasteiger partial charge is 0.308 e. The summed E-state index contributed by atoms with van der Waals surface area (Å²) in [6.45, 7) is 0. The normalized spacial score (nSPS) is 24.4. The monoisotopic (exact) mass is 260 g/mol. The lowest BCUT2D eigenvalue weighted by atomic mass is 10.1. The Morgan fingerprint density at radius 1 is 1.69 bits per heavy atom. The van der Waals surface area contributed by atoms with Gasteiger partial charge in [-0.15, -0.1) is 11.3 Å². The molecule has 1 aliphatic carbocycles. The molecular weight excluding hydrogens is 248 g/mol. The van der Waals surface area contributed by atoms with E-state index >= 15 is 0 Å². The number of halogens is 1. The largest absolute Gasteiger partial charge is 0.469 e. The molecule has 1 heterocycles. The zero-order valence-electron chi connectivity index (χ0n) is 8.90. The van der Waals surface area contributed by atoms with E-state index in [4.69, 9.17) is 16.3 Å². The van der Waals surface area contributed by atoms with Crippen LogP contribution in [0.4, 0.5) is 5.13 Å². The van der Waals surface area contributed by atoms with E-state index in [2.05, 4.69) is 10.3 Å². The molecule has 88 valence electrons. The molecule has 1 aromatic rings. The minimum Gasteiger partial charge on any atom is -0.469 e. The van der Waals surface area contributed by atoms with Gasteiger partial charge in [0.25, 0.3) is 0 Å². The fraction of sp³-hybridized carbons (Fsp3) is 0.600. The maximum Gasteiger partial charge on any atom is 0.308 e. The highest BCUT2D eigenvalue weighted by Gasteiger charge is 2.30. The molecule has 1 aliphatic rings. The van der Waals surface area contributed by atoms with Crippen molar-refractivity contribution in [3.8, 4) is 0 Å². The summed E-state index contributed by atoms with van der Waals surface area (Å²) in [7, 11) is 1.43. The maximum absolute atomic E-state index is 11.3. The van der Waals surface area contributed by atoms with Crippen molar-refractivity contribution in [2.75, 3.05) is 12.4 Å². The zero-order chi connectivity index (χ0) is 11.5. The molecule has 16 heavy (non-hydrogen) atoms. The molecule has 0 bridgehead atoms. The minimum atomic E-state index is -0.110. The third-order valence-corrected chi connectivity index (χ3v) is 3.87. The van der Waals surface area contributed by atoms with Crippen LogP contribution in [0.2, 0.25) is 5.15 Å². The van der Waals surface area contributed by atoms with Gasteiger partial charge in [0, 0.05) is 11.4 Å². The topological polar surface area (TPSA) is 51.2 Å². The van der Waals surface area contributed by atoms with Crippen molar-refractivity contribution >= 4 is 34.0 Å². The van der Waals surface area contributed by atoms with Gasteiger partial charge < -0.3 is 10.1 Å². The highest BCUT2D eigenvalue weighted by molar-refractivity contribution is 7.14. The molecule has 0 radical (unpaired) electrons. The fourth-order valence-corrected chi connectivity index (χ4v) is 2.90. The van der Waals surface area contributed by atoms with Crippen LogP contribution in [0.3, 0.4) is 0 Å². The van der Waals surface area contributed by atoms with Crippen molar-refractivity contribution in [1.29, 1.82) is 0 Å². The van der Waals surface area contributed by atoms with E-state index in [-0.39, 0.29) is 11.9 Å². The second kappa shape index (κ2) is 5.01. The number of nitrogens with zero attached hydrogens (tertiary/aromatic N) is 1. The number of esters is 1. The summed E-state index contributed by atoms with van der Waals surface area (Å²) in [5.41, 5.74) is 0. The van der Waals surface area contributed by atoms with Crippen LogP contribution in [-0.4, -0.2) is 24.1 Å². The summed E-state index contributed by atoms with van der Waals surface area (Å²) in [6.07, 6.45) is 2.66. The number of anilines is 1. The summed E-state index contributed by atoms with van der Waals surface area (Å²) < 4.78 is 4.74. The summed E-state index contributed by atoms with van der Waals surface area (Å²) in [5, 5.41) is 6.40. The van der Waals surface area contributed by atoms with E-state index in [1.165, 1.54) is 18.4 Å². The third kappa shape index (κ3) is 2.65. The zero-order valence-corrected chi connectivity index (χ0v) is 10.5. The van der Waals surface area contributed by atoms with Gasteiger partial charge in [-0.2, -0.15) is 0 Å². The van der Waals surface area contributed by atoms with Crippen molar-refractivity contribution in [3.63, 3.8) is 0 Å². The molecule has 1 aromatic heterocycles. The Morgan fingerprint density at radius 3 is 3.12 bits per heavy atom. The first kappa shape index (κ1) is 11.7. The molecule has 4 nitrogen and oxygen atoms in total. The predicted molar refractivity (Wildman–Crippen MR) is 63.9 cm³/mol. The lowest BCUT2D eigenvalue weighted by Crippen LogP contribution is -2.18. The molecule has 2 rings (SSSR count). The minimum absolute atomic E-state index is 0.0259. The number of methoxy groups -OCH3 is 1. The fourth-order valence-electron chi connectivity index (χ4n) is 1.99. The molecule has 0 unspecified atom stereocenters. The second-order valence-electron chi connectivity index (χ2n) is 3.85. The molecule has 0 amide bonds. The van der Waals surface area contributed by atoms with Crippen molar-refractivity contribution in [2.45, 2.75) is 25.3 Å². The van der Waals surface area contributed by atoms with Gasteiger partial charge in [0.15, 0.2) is 5.13 Å². The molecule has 0 saturated heterocycles. The Balaban J connectivity index is 1.87. The van der Waals surface area contributed by atoms with E-state index in [0.29, 0.717) is 11.2 Å². The Morgan fingerprint density at radius 2 is 2.50 bits per heavy atom. The number of aromatic nitrogens is 1. The number of carbonyl (C=O) groups is 1. The summed E-state index contributed by atoms with van der Waals surface area (Å²) >= 11 is 7.21. The van der Waals surface area contributed by atoms with Crippen LogP contribution >= 0.6 is 22.9 Å². The first-order valence-corrected chi connectivity index (χ1v) is 6.40.